The average Bonchev–Trinajstić information content (AvgIpc) is 2.53. The molecular formula is C15H19NO6. The van der Waals surface area contributed by atoms with Gasteiger partial charge < -0.3 is 25.1 Å². The molecule has 0 aliphatic rings. The lowest BCUT2D eigenvalue weighted by Gasteiger charge is -2.01. The van der Waals surface area contributed by atoms with Crippen LogP contribution in [0.4, 0.5) is 0 Å². The number of benzene rings is 1. The quantitative estimate of drug-likeness (QED) is 0.464. The van der Waals surface area contributed by atoms with Gasteiger partial charge in [0.15, 0.2) is 0 Å². The topological polar surface area (TPSA) is 108 Å². The summed E-state index contributed by atoms with van der Waals surface area (Å²) in [6.45, 7) is 3.08. The molecule has 1 rings (SSSR count). The fourth-order valence-electron chi connectivity index (χ4n) is 1.12. The van der Waals surface area contributed by atoms with Crippen LogP contribution in [0, 0.1) is 0 Å². The maximum atomic E-state index is 10.5. The van der Waals surface area contributed by atoms with E-state index in [2.05, 4.69) is 20.8 Å². The van der Waals surface area contributed by atoms with Crippen LogP contribution in [-0.2, 0) is 23.8 Å². The SMILES string of the molecule is C=C(OC)OC(=O)CN.COC(=Cc1ccccc1)C(=O)O. The van der Waals surface area contributed by atoms with Crippen molar-refractivity contribution in [2.24, 2.45) is 5.73 Å². The summed E-state index contributed by atoms with van der Waals surface area (Å²) in [6.07, 6.45) is 1.47. The first-order valence-electron chi connectivity index (χ1n) is 6.12. The van der Waals surface area contributed by atoms with Crippen molar-refractivity contribution in [2.45, 2.75) is 0 Å². The van der Waals surface area contributed by atoms with Gasteiger partial charge in [0.1, 0.15) is 0 Å². The predicted octanol–water partition coefficient (Wildman–Crippen LogP) is 1.36. The van der Waals surface area contributed by atoms with Crippen molar-refractivity contribution in [2.75, 3.05) is 20.8 Å². The average molecular weight is 309 g/mol. The van der Waals surface area contributed by atoms with E-state index in [9.17, 15) is 9.59 Å². The fourth-order valence-corrected chi connectivity index (χ4v) is 1.12. The van der Waals surface area contributed by atoms with E-state index in [0.29, 0.717) is 0 Å². The molecule has 120 valence electrons. The van der Waals surface area contributed by atoms with Crippen molar-refractivity contribution in [3.63, 3.8) is 0 Å². The highest BCUT2D eigenvalue weighted by Crippen LogP contribution is 2.06. The Morgan fingerprint density at radius 1 is 1.23 bits per heavy atom. The van der Waals surface area contributed by atoms with Crippen molar-refractivity contribution in [1.29, 1.82) is 0 Å². The second kappa shape index (κ2) is 10.9. The number of nitrogens with two attached hydrogens (primary N) is 1. The highest BCUT2D eigenvalue weighted by Gasteiger charge is 2.05. The molecule has 0 saturated heterocycles. The van der Waals surface area contributed by atoms with Crippen LogP contribution in [0.5, 0.6) is 0 Å². The molecule has 0 atom stereocenters. The Balaban J connectivity index is 0.000000433. The van der Waals surface area contributed by atoms with E-state index in [-0.39, 0.29) is 18.2 Å². The number of carbonyl (C=O) groups is 2. The number of ether oxygens (including phenoxy) is 3. The van der Waals surface area contributed by atoms with Crippen molar-refractivity contribution in [3.8, 4) is 0 Å². The number of carboxylic acids is 1. The summed E-state index contributed by atoms with van der Waals surface area (Å²) in [5.41, 5.74) is 5.71. The van der Waals surface area contributed by atoms with Crippen LogP contribution < -0.4 is 5.73 Å². The van der Waals surface area contributed by atoms with Crippen LogP contribution in [0.15, 0.2) is 48.6 Å². The summed E-state index contributed by atoms with van der Waals surface area (Å²) in [4.78, 5) is 20.8. The van der Waals surface area contributed by atoms with E-state index in [4.69, 9.17) is 10.8 Å². The lowest BCUT2D eigenvalue weighted by Crippen LogP contribution is -2.16. The Kier molecular flexibility index (Phi) is 9.53. The number of esters is 1. The molecular weight excluding hydrogens is 290 g/mol. The summed E-state index contributed by atoms with van der Waals surface area (Å²) in [5, 5.41) is 8.64. The summed E-state index contributed by atoms with van der Waals surface area (Å²) < 4.78 is 13.5. The van der Waals surface area contributed by atoms with Crippen molar-refractivity contribution in [1.82, 2.24) is 0 Å². The van der Waals surface area contributed by atoms with Crippen LogP contribution in [0.25, 0.3) is 6.08 Å². The van der Waals surface area contributed by atoms with Gasteiger partial charge in [-0.3, -0.25) is 4.79 Å². The van der Waals surface area contributed by atoms with Crippen LogP contribution in [0.2, 0.25) is 0 Å². The van der Waals surface area contributed by atoms with Crippen LogP contribution in [0.3, 0.4) is 0 Å². The standard InChI is InChI=1S/C10H10O3.C5H9NO3/c1-13-9(10(11)12)7-8-5-3-2-4-6-8;1-4(8-2)9-5(7)3-6/h2-7H,1H3,(H,11,12);1,3,6H2,2H3. The van der Waals surface area contributed by atoms with Crippen LogP contribution >= 0.6 is 0 Å². The Bertz CT molecular complexity index is 510. The molecule has 0 heterocycles. The van der Waals surface area contributed by atoms with Gasteiger partial charge in [-0.15, -0.1) is 0 Å². The molecule has 1 aromatic rings. The molecule has 0 amide bonds. The molecule has 7 heteroatoms. The van der Waals surface area contributed by atoms with E-state index < -0.39 is 11.9 Å². The molecule has 0 aromatic heterocycles. The molecule has 0 aliphatic heterocycles. The minimum Gasteiger partial charge on any atom is -0.490 e. The summed E-state index contributed by atoms with van der Waals surface area (Å²) in [5.74, 6) is -1.72. The summed E-state index contributed by atoms with van der Waals surface area (Å²) in [7, 11) is 2.69. The molecule has 7 nitrogen and oxygen atoms in total. The molecule has 1 aromatic carbocycles. The lowest BCUT2D eigenvalue weighted by atomic mass is 10.2. The normalized spacial score (nSPS) is 9.86. The molecule has 3 N–H and O–H groups in total. The number of carboxylic acid groups (broad SMARTS) is 1. The first-order chi connectivity index (χ1) is 10.4. The van der Waals surface area contributed by atoms with E-state index in [0.717, 1.165) is 5.56 Å². The maximum Gasteiger partial charge on any atom is 0.371 e. The van der Waals surface area contributed by atoms with Crippen LogP contribution in [-0.4, -0.2) is 37.8 Å². The second-order valence-corrected chi connectivity index (χ2v) is 3.68. The monoisotopic (exact) mass is 309 g/mol. The molecule has 22 heavy (non-hydrogen) atoms. The molecule has 0 spiro atoms. The van der Waals surface area contributed by atoms with Gasteiger partial charge in [-0.2, -0.15) is 0 Å². The van der Waals surface area contributed by atoms with Gasteiger partial charge in [0, 0.05) is 0 Å². The molecule has 0 radical (unpaired) electrons. The fraction of sp³-hybridized carbons (Fsp3) is 0.200. The zero-order valence-corrected chi connectivity index (χ0v) is 12.4. The molecule has 0 unspecified atom stereocenters. The van der Waals surface area contributed by atoms with Crippen molar-refractivity contribution in [3.05, 3.63) is 54.2 Å². The molecule has 0 bridgehead atoms. The Hall–Kier alpha value is -2.80. The van der Waals surface area contributed by atoms with Gasteiger partial charge >= 0.3 is 11.9 Å². The smallest absolute Gasteiger partial charge is 0.371 e. The third-order valence-corrected chi connectivity index (χ3v) is 2.15. The van der Waals surface area contributed by atoms with Crippen molar-refractivity contribution < 1.29 is 28.9 Å². The minimum atomic E-state index is -1.06. The molecule has 0 saturated carbocycles. The van der Waals surface area contributed by atoms with Crippen LogP contribution in [0.1, 0.15) is 5.56 Å². The van der Waals surface area contributed by atoms with E-state index in [1.165, 1.54) is 20.3 Å². The van der Waals surface area contributed by atoms with Gasteiger partial charge in [-0.25, -0.2) is 4.79 Å². The molecule has 0 fully saturated rings. The zero-order chi connectivity index (χ0) is 17.0. The number of hydrogen-bond acceptors (Lipinski definition) is 6. The van der Waals surface area contributed by atoms with Gasteiger partial charge in [0.2, 0.25) is 5.76 Å². The number of hydrogen-bond donors (Lipinski definition) is 2. The predicted molar refractivity (Wildman–Crippen MR) is 80.4 cm³/mol. The first-order valence-corrected chi connectivity index (χ1v) is 6.12. The highest BCUT2D eigenvalue weighted by molar-refractivity contribution is 5.89. The number of rotatable bonds is 6. The van der Waals surface area contributed by atoms with E-state index >= 15 is 0 Å². The van der Waals surface area contributed by atoms with Gasteiger partial charge in [0.05, 0.1) is 20.8 Å². The largest absolute Gasteiger partial charge is 0.490 e. The molecule has 0 aliphatic carbocycles. The van der Waals surface area contributed by atoms with E-state index in [1.807, 2.05) is 30.3 Å². The van der Waals surface area contributed by atoms with Gasteiger partial charge in [-0.1, -0.05) is 30.3 Å². The minimum absolute atomic E-state index is 0.0366. The lowest BCUT2D eigenvalue weighted by molar-refractivity contribution is -0.142. The maximum absolute atomic E-state index is 10.5. The number of methoxy groups -OCH3 is 2. The summed E-state index contributed by atoms with van der Waals surface area (Å²) in [6, 6.07) is 9.15. The Morgan fingerprint density at radius 2 is 1.82 bits per heavy atom. The Morgan fingerprint density at radius 3 is 2.23 bits per heavy atom. The number of aliphatic carboxylic acids is 1. The summed E-state index contributed by atoms with van der Waals surface area (Å²) >= 11 is 0. The third kappa shape index (κ3) is 8.39. The zero-order valence-electron chi connectivity index (χ0n) is 12.4. The third-order valence-electron chi connectivity index (χ3n) is 2.15. The Labute approximate surface area is 128 Å². The van der Waals surface area contributed by atoms with Gasteiger partial charge in [0.25, 0.3) is 5.95 Å². The second-order valence-electron chi connectivity index (χ2n) is 3.68. The highest BCUT2D eigenvalue weighted by atomic mass is 16.7. The van der Waals surface area contributed by atoms with E-state index in [1.54, 1.807) is 0 Å². The van der Waals surface area contributed by atoms with Gasteiger partial charge in [-0.05, 0) is 18.2 Å². The van der Waals surface area contributed by atoms with Crippen molar-refractivity contribution >= 4 is 18.0 Å². The number of carbonyl (C=O) groups excluding carboxylic acids is 1. The first kappa shape index (κ1) is 19.2.